The van der Waals surface area contributed by atoms with E-state index in [-0.39, 0.29) is 5.75 Å². The highest BCUT2D eigenvalue weighted by Crippen LogP contribution is 2.28. The number of quaternary nitrogens is 1. The molecule has 0 amide bonds. The Balaban J connectivity index is 2.18. The van der Waals surface area contributed by atoms with Gasteiger partial charge in [0, 0.05) is 34.9 Å². The molecule has 34 heavy (non-hydrogen) atoms. The summed E-state index contributed by atoms with van der Waals surface area (Å²) in [6, 6.07) is 14.1. The number of nitrogens with zero attached hydrogens (tertiary/aromatic N) is 4. The van der Waals surface area contributed by atoms with Gasteiger partial charge < -0.3 is 30.0 Å². The second-order valence-corrected chi connectivity index (χ2v) is 8.11. The van der Waals surface area contributed by atoms with Crippen LogP contribution in [0, 0.1) is 0 Å². The van der Waals surface area contributed by atoms with E-state index in [0.29, 0.717) is 0 Å². The van der Waals surface area contributed by atoms with Crippen molar-refractivity contribution in [2.45, 2.75) is 45.7 Å². The second kappa shape index (κ2) is 11.7. The monoisotopic (exact) mass is 472 g/mol. The van der Waals surface area contributed by atoms with Crippen LogP contribution in [0.3, 0.4) is 0 Å². The molecule has 10 nitrogen and oxygen atoms in total. The van der Waals surface area contributed by atoms with Gasteiger partial charge in [0.1, 0.15) is 11.7 Å². The molecule has 4 atom stereocenters. The van der Waals surface area contributed by atoms with Crippen LogP contribution in [0.15, 0.2) is 58.9 Å². The lowest BCUT2D eigenvalue weighted by Gasteiger charge is -2.49. The molecule has 0 saturated heterocycles. The molecular weight excluding hydrogens is 440 g/mol. The lowest BCUT2D eigenvalue weighted by molar-refractivity contribution is -1.07. The Morgan fingerprint density at radius 1 is 0.912 bits per heavy atom. The van der Waals surface area contributed by atoms with Crippen LogP contribution in [0.4, 0.5) is 5.69 Å². The summed E-state index contributed by atoms with van der Waals surface area (Å²) in [5.74, 6) is -1.51. The molecule has 10 heteroatoms. The van der Waals surface area contributed by atoms with E-state index in [4.69, 9.17) is 4.74 Å². The van der Waals surface area contributed by atoms with Crippen molar-refractivity contribution in [1.82, 2.24) is 5.01 Å². The van der Waals surface area contributed by atoms with Gasteiger partial charge in [-0.1, -0.05) is 41.6 Å². The third kappa shape index (κ3) is 6.39. The summed E-state index contributed by atoms with van der Waals surface area (Å²) >= 11 is 0. The van der Waals surface area contributed by atoms with Crippen molar-refractivity contribution in [3.05, 3.63) is 59.7 Å². The topological polar surface area (TPSA) is 138 Å². The Bertz CT molecular complexity index is 964. The molecule has 0 saturated carbocycles. The summed E-state index contributed by atoms with van der Waals surface area (Å²) in [4.78, 5) is 11.9. The fraction of sp³-hybridized carbons (Fsp3) is 0.375. The number of carboxylic acid groups (broad SMARTS) is 1. The molecule has 2 rings (SSSR count). The van der Waals surface area contributed by atoms with Gasteiger partial charge in [-0.25, -0.2) is 4.48 Å². The van der Waals surface area contributed by atoms with Crippen molar-refractivity contribution in [3.8, 4) is 5.75 Å². The molecule has 3 N–H and O–H groups in total. The maximum Gasteiger partial charge on any atom is 0.280 e. The summed E-state index contributed by atoms with van der Waals surface area (Å²) in [6.07, 6.45) is -2.45. The summed E-state index contributed by atoms with van der Waals surface area (Å²) in [5, 5.41) is 52.3. The maximum atomic E-state index is 11.9. The van der Waals surface area contributed by atoms with Crippen molar-refractivity contribution in [1.29, 1.82) is 0 Å². The predicted molar refractivity (Wildman–Crippen MR) is 125 cm³/mol. The number of aliphatic hydroxyl groups is 3. The number of ether oxygens (including phenoxy) is 1. The fourth-order valence-electron chi connectivity index (χ4n) is 3.62. The normalized spacial score (nSPS) is 17.2. The van der Waals surface area contributed by atoms with E-state index in [1.165, 1.54) is 20.8 Å². The quantitative estimate of drug-likeness (QED) is 0.149. The molecule has 0 fully saturated rings. The number of aliphatic hydroxyl groups excluding tert-OH is 3. The van der Waals surface area contributed by atoms with Crippen LogP contribution < -0.4 is 9.84 Å². The van der Waals surface area contributed by atoms with Crippen LogP contribution in [0.5, 0.6) is 5.75 Å². The molecule has 4 unspecified atom stereocenters. The maximum absolute atomic E-state index is 11.9. The first-order valence-corrected chi connectivity index (χ1v) is 10.7. The average Bonchev–Trinajstić information content (AvgIpc) is 2.76. The minimum Gasteiger partial charge on any atom is -0.541 e. The SMILES string of the molecule is CC(O)[N+](C(C)O)(C(C)O)C(Oc1ccc(C=Cc2ccc(/N=N\N(C)C)cc2)cc1)C(=O)[O-]. The Morgan fingerprint density at radius 3 is 1.74 bits per heavy atom. The molecule has 0 spiro atoms. The van der Waals surface area contributed by atoms with Crippen LogP contribution >= 0.6 is 0 Å². The number of hydrogen-bond donors (Lipinski definition) is 3. The summed E-state index contributed by atoms with van der Waals surface area (Å²) in [5.41, 5.74) is 2.51. The van der Waals surface area contributed by atoms with E-state index in [0.717, 1.165) is 16.8 Å². The van der Waals surface area contributed by atoms with Gasteiger partial charge >= 0.3 is 0 Å². The Labute approximate surface area is 199 Å². The molecule has 0 radical (unpaired) electrons. The van der Waals surface area contributed by atoms with E-state index >= 15 is 0 Å². The molecule has 0 bridgehead atoms. The van der Waals surface area contributed by atoms with Gasteiger partial charge in [-0.3, -0.25) is 5.01 Å². The highest BCUT2D eigenvalue weighted by Gasteiger charge is 2.51. The first kappa shape index (κ1) is 26.9. The van der Waals surface area contributed by atoms with Crippen molar-refractivity contribution >= 4 is 23.8 Å². The Kier molecular flexibility index (Phi) is 9.28. The smallest absolute Gasteiger partial charge is 0.280 e. The van der Waals surface area contributed by atoms with Crippen molar-refractivity contribution in [2.24, 2.45) is 10.3 Å². The predicted octanol–water partition coefficient (Wildman–Crippen LogP) is 1.70. The molecule has 0 aliphatic heterocycles. The number of rotatable bonds is 11. The molecule has 2 aromatic rings. The third-order valence-electron chi connectivity index (χ3n) is 5.38. The lowest BCUT2D eigenvalue weighted by atomic mass is 10.1. The number of carbonyl (C=O) groups is 1. The van der Waals surface area contributed by atoms with Gasteiger partial charge in [0.2, 0.25) is 0 Å². The average molecular weight is 473 g/mol. The summed E-state index contributed by atoms with van der Waals surface area (Å²) < 4.78 is 4.52. The van der Waals surface area contributed by atoms with E-state index < -0.39 is 35.4 Å². The minimum atomic E-state index is -1.86. The first-order valence-electron chi connectivity index (χ1n) is 10.7. The number of aliphatic carboxylic acids is 1. The third-order valence-corrected chi connectivity index (χ3v) is 5.38. The number of hydrogen-bond acceptors (Lipinski definition) is 8. The van der Waals surface area contributed by atoms with Gasteiger partial charge in [0.25, 0.3) is 6.23 Å². The van der Waals surface area contributed by atoms with Crippen LogP contribution in [0.1, 0.15) is 31.9 Å². The van der Waals surface area contributed by atoms with Crippen molar-refractivity contribution in [2.75, 3.05) is 14.1 Å². The largest absolute Gasteiger partial charge is 0.541 e. The summed E-state index contributed by atoms with van der Waals surface area (Å²) in [6.45, 7) is 3.80. The Morgan fingerprint density at radius 2 is 1.35 bits per heavy atom. The van der Waals surface area contributed by atoms with E-state index in [9.17, 15) is 25.2 Å². The molecule has 184 valence electrons. The minimum absolute atomic E-state index is 0.173. The van der Waals surface area contributed by atoms with Gasteiger partial charge in [0.05, 0.1) is 5.69 Å². The van der Waals surface area contributed by atoms with Crippen LogP contribution in [-0.4, -0.2) is 69.8 Å². The van der Waals surface area contributed by atoms with E-state index in [1.54, 1.807) is 43.4 Å². The van der Waals surface area contributed by atoms with Gasteiger partial charge in [-0.2, -0.15) is 0 Å². The highest BCUT2D eigenvalue weighted by atomic mass is 16.6. The molecular formula is C24H32N4O6. The second-order valence-electron chi connectivity index (χ2n) is 8.11. The number of carbonyl (C=O) groups excluding carboxylic acids is 1. The molecule has 0 aliphatic carbocycles. The van der Waals surface area contributed by atoms with Crippen LogP contribution in [-0.2, 0) is 4.79 Å². The zero-order chi connectivity index (χ0) is 25.5. The molecule has 0 aromatic heterocycles. The number of benzene rings is 2. The Hall–Kier alpha value is -3.31. The van der Waals surface area contributed by atoms with Gasteiger partial charge in [-0.05, 0) is 35.4 Å². The van der Waals surface area contributed by atoms with E-state index in [2.05, 4.69) is 10.3 Å². The number of carboxylic acids is 1. The van der Waals surface area contributed by atoms with Gasteiger partial charge in [0.15, 0.2) is 18.7 Å². The zero-order valence-electron chi connectivity index (χ0n) is 19.9. The van der Waals surface area contributed by atoms with Crippen LogP contribution in [0.2, 0.25) is 0 Å². The highest BCUT2D eigenvalue weighted by molar-refractivity contribution is 5.71. The van der Waals surface area contributed by atoms with Crippen LogP contribution in [0.25, 0.3) is 12.2 Å². The molecule has 0 aliphatic rings. The lowest BCUT2D eigenvalue weighted by Crippen LogP contribution is -2.74. The first-order chi connectivity index (χ1) is 16.0. The van der Waals surface area contributed by atoms with Gasteiger partial charge in [-0.15, -0.1) is 5.11 Å². The van der Waals surface area contributed by atoms with Crippen molar-refractivity contribution < 1.29 is 34.4 Å². The molecule has 2 aromatic carbocycles. The standard InChI is InChI=1S/C24H32N4O6/c1-16(29)28(17(2)30,18(3)31)23(24(32)33)34-22-14-10-20(11-15-22)7-6-19-8-12-21(13-9-19)25-26-27(4)5/h6-18,23,29-31H,1-5H3/b7-6?,26-25-. The van der Waals surface area contributed by atoms with E-state index in [1.807, 2.05) is 36.4 Å². The zero-order valence-corrected chi connectivity index (χ0v) is 19.9. The van der Waals surface area contributed by atoms with Crippen molar-refractivity contribution in [3.63, 3.8) is 0 Å². The molecule has 0 heterocycles. The fourth-order valence-corrected chi connectivity index (χ4v) is 3.62. The summed E-state index contributed by atoms with van der Waals surface area (Å²) in [7, 11) is 3.58.